The van der Waals surface area contributed by atoms with E-state index in [-0.39, 0.29) is 5.76 Å². The van der Waals surface area contributed by atoms with E-state index in [1.54, 1.807) is 0 Å². The lowest BCUT2D eigenvalue weighted by Crippen LogP contribution is -2.69. The van der Waals surface area contributed by atoms with Gasteiger partial charge in [0.2, 0.25) is 0 Å². The molecule has 0 aliphatic carbocycles. The molecule has 0 saturated carbocycles. The normalized spacial score (nSPS) is 11.0. The minimum atomic E-state index is -3.09. The fraction of sp³-hybridized carbons (Fsp3) is 0.0476. The zero-order valence-corrected chi connectivity index (χ0v) is 14.8. The van der Waals surface area contributed by atoms with Gasteiger partial charge in [-0.1, -0.05) is 91.0 Å². The largest absolute Gasteiger partial charge is 0.530 e. The zero-order valence-electron chi connectivity index (χ0n) is 13.8. The molecule has 0 N–H and O–H groups in total. The topological polar surface area (TPSA) is 9.23 Å². The van der Waals surface area contributed by atoms with Crippen molar-refractivity contribution in [3.63, 3.8) is 0 Å². The number of allylic oxidation sites excluding steroid dienone is 1. The lowest BCUT2D eigenvalue weighted by atomic mass is 10.3. The summed E-state index contributed by atoms with van der Waals surface area (Å²) >= 11 is 0. The second kappa shape index (κ2) is 7.45. The first kappa shape index (κ1) is 17.1. The molecule has 126 valence electrons. The molecular formula is C21H18F2OSi. The molecule has 0 aromatic heterocycles. The van der Waals surface area contributed by atoms with Crippen LogP contribution in [0.5, 0.6) is 0 Å². The molecule has 3 aromatic carbocycles. The Bertz CT molecular complexity index is 748. The number of hydrogen-bond acceptors (Lipinski definition) is 1. The molecule has 0 atom stereocenters. The summed E-state index contributed by atoms with van der Waals surface area (Å²) in [7, 11) is -3.09. The molecule has 4 heteroatoms. The third-order valence-electron chi connectivity index (χ3n) is 4.11. The minimum absolute atomic E-state index is 0.330. The molecule has 0 aliphatic heterocycles. The van der Waals surface area contributed by atoms with E-state index in [1.807, 2.05) is 91.0 Å². The highest BCUT2D eigenvalue weighted by molar-refractivity contribution is 7.07. The number of benzene rings is 3. The second-order valence-electron chi connectivity index (χ2n) is 5.70. The van der Waals surface area contributed by atoms with Crippen LogP contribution >= 0.6 is 0 Å². The summed E-state index contributed by atoms with van der Waals surface area (Å²) in [6.45, 7) is 1.33. The monoisotopic (exact) mass is 352 g/mol. The average molecular weight is 352 g/mol. The van der Waals surface area contributed by atoms with Crippen molar-refractivity contribution < 1.29 is 13.2 Å². The Balaban J connectivity index is 2.34. The van der Waals surface area contributed by atoms with Gasteiger partial charge in [-0.3, -0.25) is 0 Å². The van der Waals surface area contributed by atoms with Crippen molar-refractivity contribution in [3.05, 3.63) is 103 Å². The van der Waals surface area contributed by atoms with Gasteiger partial charge in [0.15, 0.2) is 0 Å². The summed E-state index contributed by atoms with van der Waals surface area (Å²) in [5, 5.41) is 2.77. The molecule has 0 heterocycles. The third-order valence-corrected chi connectivity index (χ3v) is 8.16. The van der Waals surface area contributed by atoms with Crippen LogP contribution in [0.2, 0.25) is 0 Å². The van der Waals surface area contributed by atoms with Gasteiger partial charge in [-0.05, 0) is 22.5 Å². The van der Waals surface area contributed by atoms with Crippen molar-refractivity contribution in [2.45, 2.75) is 6.92 Å². The minimum Gasteiger partial charge on any atom is -0.530 e. The Kier molecular flexibility index (Phi) is 5.10. The highest BCUT2D eigenvalue weighted by atomic mass is 28.4. The van der Waals surface area contributed by atoms with E-state index in [4.69, 9.17) is 4.43 Å². The predicted octanol–water partition coefficient (Wildman–Crippen LogP) is 3.80. The van der Waals surface area contributed by atoms with E-state index < -0.39 is 14.4 Å². The van der Waals surface area contributed by atoms with Gasteiger partial charge in [0.25, 0.3) is 0 Å². The molecule has 25 heavy (non-hydrogen) atoms. The highest BCUT2D eigenvalue weighted by Gasteiger charge is 2.44. The summed E-state index contributed by atoms with van der Waals surface area (Å²) in [4.78, 5) is 0. The second-order valence-corrected chi connectivity index (χ2v) is 9.00. The van der Waals surface area contributed by atoms with Crippen molar-refractivity contribution in [3.8, 4) is 0 Å². The van der Waals surface area contributed by atoms with Gasteiger partial charge in [-0.15, -0.1) is 0 Å². The molecule has 0 unspecified atom stereocenters. The maximum absolute atomic E-state index is 13.3. The molecule has 0 aliphatic rings. The van der Waals surface area contributed by atoms with Gasteiger partial charge in [-0.2, -0.15) is 8.78 Å². The van der Waals surface area contributed by atoms with Gasteiger partial charge in [0.1, 0.15) is 5.76 Å². The van der Waals surface area contributed by atoms with Gasteiger partial charge in [-0.25, -0.2) is 0 Å². The van der Waals surface area contributed by atoms with Crippen LogP contribution in [-0.2, 0) is 4.43 Å². The molecule has 0 saturated heterocycles. The molecule has 0 spiro atoms. The summed E-state index contributed by atoms with van der Waals surface area (Å²) in [6.07, 6.45) is -1.79. The molecule has 3 rings (SSSR count). The van der Waals surface area contributed by atoms with Crippen LogP contribution in [0.15, 0.2) is 103 Å². The lowest BCUT2D eigenvalue weighted by Gasteiger charge is -2.33. The van der Waals surface area contributed by atoms with Gasteiger partial charge < -0.3 is 4.43 Å². The molecule has 0 radical (unpaired) electrons. The maximum atomic E-state index is 13.3. The van der Waals surface area contributed by atoms with E-state index >= 15 is 0 Å². The van der Waals surface area contributed by atoms with Crippen LogP contribution in [0.3, 0.4) is 0 Å². The Morgan fingerprint density at radius 2 is 0.960 bits per heavy atom. The summed E-state index contributed by atoms with van der Waals surface area (Å²) in [5.41, 5.74) is 0. The number of hydrogen-bond donors (Lipinski definition) is 0. The number of rotatable bonds is 5. The Morgan fingerprint density at radius 1 is 0.640 bits per heavy atom. The first-order valence-electron chi connectivity index (χ1n) is 8.02. The van der Waals surface area contributed by atoms with E-state index in [2.05, 4.69) is 0 Å². The predicted molar refractivity (Wildman–Crippen MR) is 100.0 cm³/mol. The quantitative estimate of drug-likeness (QED) is 0.386. The van der Waals surface area contributed by atoms with Crippen molar-refractivity contribution in [2.75, 3.05) is 0 Å². The third kappa shape index (κ3) is 3.39. The molecule has 1 nitrogen and oxygen atoms in total. The molecule has 0 amide bonds. The smallest absolute Gasteiger partial charge is 0.346 e. The average Bonchev–Trinajstić information content (AvgIpc) is 2.68. The molecular weight excluding hydrogens is 334 g/mol. The fourth-order valence-corrected chi connectivity index (χ4v) is 6.84. The first-order chi connectivity index (χ1) is 12.1. The maximum Gasteiger partial charge on any atom is 0.346 e. The van der Waals surface area contributed by atoms with Crippen molar-refractivity contribution >= 4 is 23.9 Å². The van der Waals surface area contributed by atoms with Crippen LogP contribution in [0.25, 0.3) is 0 Å². The number of halogens is 2. The van der Waals surface area contributed by atoms with Gasteiger partial charge in [0.05, 0.1) is 0 Å². The fourth-order valence-electron chi connectivity index (χ4n) is 2.96. The Hall–Kier alpha value is -2.72. The zero-order chi connectivity index (χ0) is 17.7. The summed E-state index contributed by atoms with van der Waals surface area (Å²) < 4.78 is 32.7. The van der Waals surface area contributed by atoms with Gasteiger partial charge >= 0.3 is 14.4 Å². The van der Waals surface area contributed by atoms with E-state index in [9.17, 15) is 8.78 Å². The van der Waals surface area contributed by atoms with Crippen LogP contribution < -0.4 is 15.6 Å². The summed E-state index contributed by atoms with van der Waals surface area (Å²) in [6, 6.07) is 28.9. The summed E-state index contributed by atoms with van der Waals surface area (Å²) in [5.74, 6) is -0.330. The standard InChI is InChI=1S/C21H18F2OSi/c1-17(21(22)23)24-25(18-11-5-2-6-12-18,19-13-7-3-8-14-19)20-15-9-4-10-16-20/h2-16H,1H3. The molecule has 3 aromatic rings. The van der Waals surface area contributed by atoms with Crippen LogP contribution in [0.1, 0.15) is 6.92 Å². The Morgan fingerprint density at radius 3 is 1.24 bits per heavy atom. The van der Waals surface area contributed by atoms with E-state index in [1.165, 1.54) is 6.92 Å². The van der Waals surface area contributed by atoms with Crippen molar-refractivity contribution in [2.24, 2.45) is 0 Å². The van der Waals surface area contributed by atoms with E-state index in [0.717, 1.165) is 15.6 Å². The Labute approximate surface area is 147 Å². The van der Waals surface area contributed by atoms with Crippen LogP contribution in [-0.4, -0.2) is 8.32 Å². The van der Waals surface area contributed by atoms with Crippen molar-refractivity contribution in [1.82, 2.24) is 0 Å². The van der Waals surface area contributed by atoms with Crippen molar-refractivity contribution in [1.29, 1.82) is 0 Å². The van der Waals surface area contributed by atoms with Gasteiger partial charge in [0, 0.05) is 0 Å². The first-order valence-corrected chi connectivity index (χ1v) is 9.93. The van der Waals surface area contributed by atoms with E-state index in [0.29, 0.717) is 0 Å². The van der Waals surface area contributed by atoms with Crippen LogP contribution in [0, 0.1) is 0 Å². The molecule has 0 bridgehead atoms. The lowest BCUT2D eigenvalue weighted by molar-refractivity contribution is 0.333. The molecule has 0 fully saturated rings. The van der Waals surface area contributed by atoms with Crippen LogP contribution in [0.4, 0.5) is 8.78 Å². The highest BCUT2D eigenvalue weighted by Crippen LogP contribution is 2.17. The SMILES string of the molecule is CC(O[Si](c1ccccc1)(c1ccccc1)c1ccccc1)=C(F)F.